The van der Waals surface area contributed by atoms with Gasteiger partial charge in [-0.25, -0.2) is 0 Å². The SMILES string of the molecule is Cc1ccc(NC(=O)[C@@H]2[C@@H]3C=C[C@]4(O3)[C@@H]2C(=O)N([C@@H]2CCCC[C@H]2C)[C@H]4C(=O)NC2CCCCC2)cc1Cl. The zero-order valence-electron chi connectivity index (χ0n) is 22.3. The Bertz CT molecular complexity index is 1160. The Morgan fingerprint density at radius 1 is 1.05 bits per heavy atom. The minimum atomic E-state index is -1.12. The molecule has 6 rings (SSSR count). The van der Waals surface area contributed by atoms with Gasteiger partial charge in [0.15, 0.2) is 0 Å². The van der Waals surface area contributed by atoms with E-state index in [-0.39, 0.29) is 35.7 Å². The Balaban J connectivity index is 1.33. The van der Waals surface area contributed by atoms with Crippen molar-refractivity contribution in [2.24, 2.45) is 17.8 Å². The summed E-state index contributed by atoms with van der Waals surface area (Å²) < 4.78 is 6.53. The van der Waals surface area contributed by atoms with E-state index >= 15 is 0 Å². The quantitative estimate of drug-likeness (QED) is 0.528. The molecule has 0 aromatic heterocycles. The van der Waals surface area contributed by atoms with Gasteiger partial charge in [-0.05, 0) is 56.2 Å². The largest absolute Gasteiger partial charge is 0.359 e. The van der Waals surface area contributed by atoms with E-state index in [1.54, 1.807) is 6.07 Å². The number of amides is 3. The standard InChI is InChI=1S/C30H38ClN3O4/c1-17-12-13-20(16-21(17)31)33-27(35)24-23-14-15-30(38-23)25(24)29(37)34(22-11-7-6-8-18(22)2)26(30)28(36)32-19-9-4-3-5-10-19/h12-16,18-19,22-26H,3-11H2,1-2H3,(H,32,36)(H,33,35)/t18-,22-,23+,24-,25+,26+,30+/m1/s1. The molecule has 2 saturated heterocycles. The highest BCUT2D eigenvalue weighted by atomic mass is 35.5. The van der Waals surface area contributed by atoms with Gasteiger partial charge in [-0.2, -0.15) is 0 Å². The van der Waals surface area contributed by atoms with Gasteiger partial charge in [0, 0.05) is 22.8 Å². The number of aryl methyl sites for hydroxylation is 1. The van der Waals surface area contributed by atoms with Crippen LogP contribution < -0.4 is 10.6 Å². The second-order valence-corrected chi connectivity index (χ2v) is 12.5. The van der Waals surface area contributed by atoms with Gasteiger partial charge >= 0.3 is 0 Å². The van der Waals surface area contributed by atoms with Gasteiger partial charge in [-0.3, -0.25) is 14.4 Å². The molecule has 7 atom stereocenters. The Morgan fingerprint density at radius 3 is 2.53 bits per heavy atom. The second-order valence-electron chi connectivity index (χ2n) is 12.1. The minimum Gasteiger partial charge on any atom is -0.359 e. The van der Waals surface area contributed by atoms with Crippen LogP contribution in [-0.2, 0) is 19.1 Å². The molecule has 2 saturated carbocycles. The highest BCUT2D eigenvalue weighted by molar-refractivity contribution is 6.31. The number of halogens is 1. The number of hydrogen-bond donors (Lipinski definition) is 2. The van der Waals surface area contributed by atoms with Crippen molar-refractivity contribution in [1.29, 1.82) is 0 Å². The lowest BCUT2D eigenvalue weighted by atomic mass is 9.74. The molecule has 38 heavy (non-hydrogen) atoms. The molecule has 8 heteroatoms. The number of nitrogens with one attached hydrogen (secondary N) is 2. The number of anilines is 1. The van der Waals surface area contributed by atoms with E-state index in [0.717, 1.165) is 56.9 Å². The second kappa shape index (κ2) is 9.98. The summed E-state index contributed by atoms with van der Waals surface area (Å²) in [5.74, 6) is -1.68. The van der Waals surface area contributed by atoms with Crippen LogP contribution in [0, 0.1) is 24.7 Å². The number of likely N-dealkylation sites (tertiary alicyclic amines) is 1. The molecule has 5 aliphatic rings. The molecule has 1 spiro atoms. The van der Waals surface area contributed by atoms with Crippen LogP contribution in [-0.4, -0.2) is 52.5 Å². The van der Waals surface area contributed by atoms with Gasteiger partial charge in [0.1, 0.15) is 11.6 Å². The monoisotopic (exact) mass is 539 g/mol. The number of carbonyl (C=O) groups is 3. The number of nitrogens with zero attached hydrogens (tertiary/aromatic N) is 1. The Kier molecular flexibility index (Phi) is 6.79. The zero-order valence-corrected chi connectivity index (χ0v) is 23.0. The fourth-order valence-electron chi connectivity index (χ4n) is 7.70. The van der Waals surface area contributed by atoms with Crippen molar-refractivity contribution in [3.8, 4) is 0 Å². The number of rotatable bonds is 5. The van der Waals surface area contributed by atoms with Crippen LogP contribution in [0.5, 0.6) is 0 Å². The number of ether oxygens (including phenoxy) is 1. The highest BCUT2D eigenvalue weighted by Crippen LogP contribution is 2.56. The van der Waals surface area contributed by atoms with E-state index in [1.165, 1.54) is 6.42 Å². The number of benzene rings is 1. The molecule has 0 radical (unpaired) electrons. The topological polar surface area (TPSA) is 87.7 Å². The maximum absolute atomic E-state index is 14.3. The maximum Gasteiger partial charge on any atom is 0.246 e. The molecule has 1 aromatic carbocycles. The van der Waals surface area contributed by atoms with Crippen molar-refractivity contribution >= 4 is 35.0 Å². The average Bonchev–Trinajstić information content (AvgIpc) is 3.54. The molecule has 1 aromatic rings. The van der Waals surface area contributed by atoms with E-state index in [4.69, 9.17) is 16.3 Å². The van der Waals surface area contributed by atoms with E-state index < -0.39 is 29.6 Å². The molecule has 2 N–H and O–H groups in total. The van der Waals surface area contributed by atoms with Crippen LogP contribution in [0.25, 0.3) is 0 Å². The average molecular weight is 540 g/mol. The van der Waals surface area contributed by atoms with Crippen LogP contribution in [0.3, 0.4) is 0 Å². The molecule has 3 heterocycles. The van der Waals surface area contributed by atoms with Gasteiger partial charge in [0.05, 0.1) is 17.9 Å². The maximum atomic E-state index is 14.3. The lowest BCUT2D eigenvalue weighted by molar-refractivity contribution is -0.146. The van der Waals surface area contributed by atoms with Crippen molar-refractivity contribution < 1.29 is 19.1 Å². The first kappa shape index (κ1) is 25.9. The zero-order chi connectivity index (χ0) is 26.6. The third-order valence-corrected chi connectivity index (χ3v) is 10.1. The first-order valence-electron chi connectivity index (χ1n) is 14.4. The number of carbonyl (C=O) groups excluding carboxylic acids is 3. The predicted octanol–water partition coefficient (Wildman–Crippen LogP) is 4.77. The van der Waals surface area contributed by atoms with Gasteiger partial charge in [0.2, 0.25) is 17.7 Å². The predicted molar refractivity (Wildman–Crippen MR) is 146 cm³/mol. The van der Waals surface area contributed by atoms with Crippen molar-refractivity contribution in [3.05, 3.63) is 40.9 Å². The van der Waals surface area contributed by atoms with Crippen molar-refractivity contribution in [1.82, 2.24) is 10.2 Å². The van der Waals surface area contributed by atoms with Crippen LogP contribution >= 0.6 is 11.6 Å². The lowest BCUT2D eigenvalue weighted by Gasteiger charge is -2.42. The molecule has 2 bridgehead atoms. The number of hydrogen-bond acceptors (Lipinski definition) is 4. The number of fused-ring (bicyclic) bond motifs is 1. The molecular formula is C30H38ClN3O4. The van der Waals surface area contributed by atoms with Gasteiger partial charge in [0.25, 0.3) is 0 Å². The molecule has 0 unspecified atom stereocenters. The first-order chi connectivity index (χ1) is 18.3. The Hall–Kier alpha value is -2.38. The minimum absolute atomic E-state index is 0.0333. The molecular weight excluding hydrogens is 502 g/mol. The van der Waals surface area contributed by atoms with Gasteiger partial charge in [-0.1, -0.05) is 68.8 Å². The summed E-state index contributed by atoms with van der Waals surface area (Å²) >= 11 is 6.29. The summed E-state index contributed by atoms with van der Waals surface area (Å²) in [4.78, 5) is 43.9. The lowest BCUT2D eigenvalue weighted by Crippen LogP contribution is -2.59. The van der Waals surface area contributed by atoms with E-state index in [2.05, 4.69) is 17.6 Å². The van der Waals surface area contributed by atoms with E-state index in [9.17, 15) is 14.4 Å². The molecule has 4 fully saturated rings. The summed E-state index contributed by atoms with van der Waals surface area (Å²) in [5, 5.41) is 6.83. The fraction of sp³-hybridized carbons (Fsp3) is 0.633. The van der Waals surface area contributed by atoms with Crippen LogP contribution in [0.2, 0.25) is 5.02 Å². The van der Waals surface area contributed by atoms with Crippen LogP contribution in [0.4, 0.5) is 5.69 Å². The van der Waals surface area contributed by atoms with Gasteiger partial charge in [-0.15, -0.1) is 0 Å². The third kappa shape index (κ3) is 4.17. The van der Waals surface area contributed by atoms with Gasteiger partial charge < -0.3 is 20.3 Å². The smallest absolute Gasteiger partial charge is 0.246 e. The summed E-state index contributed by atoms with van der Waals surface area (Å²) in [6.45, 7) is 4.08. The molecule has 204 valence electrons. The first-order valence-corrected chi connectivity index (χ1v) is 14.7. The van der Waals surface area contributed by atoms with Crippen LogP contribution in [0.15, 0.2) is 30.4 Å². The fourth-order valence-corrected chi connectivity index (χ4v) is 7.88. The van der Waals surface area contributed by atoms with Crippen molar-refractivity contribution in [3.63, 3.8) is 0 Å². The van der Waals surface area contributed by atoms with Crippen molar-refractivity contribution in [2.45, 2.75) is 101 Å². The third-order valence-electron chi connectivity index (χ3n) is 9.68. The van der Waals surface area contributed by atoms with Crippen molar-refractivity contribution in [2.75, 3.05) is 5.32 Å². The summed E-state index contributed by atoms with van der Waals surface area (Å²) in [5.41, 5.74) is 0.385. The van der Waals surface area contributed by atoms with E-state index in [0.29, 0.717) is 10.7 Å². The highest BCUT2D eigenvalue weighted by Gasteiger charge is 2.73. The normalized spacial score (nSPS) is 36.4. The Morgan fingerprint density at radius 2 is 1.79 bits per heavy atom. The summed E-state index contributed by atoms with van der Waals surface area (Å²) in [6.07, 6.45) is 12.7. The molecule has 2 aliphatic carbocycles. The molecule has 3 aliphatic heterocycles. The van der Waals surface area contributed by atoms with Crippen LogP contribution in [0.1, 0.15) is 70.3 Å². The van der Waals surface area contributed by atoms with E-state index in [1.807, 2.05) is 36.1 Å². The Labute approximate surface area is 229 Å². The summed E-state index contributed by atoms with van der Waals surface area (Å²) in [6, 6.07) is 4.72. The molecule has 3 amide bonds. The molecule has 7 nitrogen and oxygen atoms in total. The summed E-state index contributed by atoms with van der Waals surface area (Å²) in [7, 11) is 0.